The van der Waals surface area contributed by atoms with Crippen LogP contribution in [0.4, 0.5) is 0 Å². The van der Waals surface area contributed by atoms with Crippen molar-refractivity contribution in [3.8, 4) is 0 Å². The van der Waals surface area contributed by atoms with E-state index in [9.17, 15) is 5.11 Å². The average molecular weight is 245 g/mol. The van der Waals surface area contributed by atoms with Gasteiger partial charge in [0.1, 0.15) is 0 Å². The van der Waals surface area contributed by atoms with Gasteiger partial charge in [-0.3, -0.25) is 0 Å². The summed E-state index contributed by atoms with van der Waals surface area (Å²) >= 11 is 0. The Morgan fingerprint density at radius 3 is 2.76 bits per heavy atom. The van der Waals surface area contributed by atoms with E-state index in [0.717, 1.165) is 26.1 Å². The number of methoxy groups -OCH3 is 1. The van der Waals surface area contributed by atoms with Gasteiger partial charge in [-0.15, -0.1) is 0 Å². The fourth-order valence-electron chi connectivity index (χ4n) is 2.45. The molecule has 2 N–H and O–H groups in total. The molecule has 0 radical (unpaired) electrons. The zero-order valence-corrected chi connectivity index (χ0v) is 11.0. The van der Waals surface area contributed by atoms with Crippen LogP contribution in [0, 0.1) is 11.8 Å². The Morgan fingerprint density at radius 1 is 1.18 bits per heavy atom. The molecule has 4 heteroatoms. The van der Waals surface area contributed by atoms with Gasteiger partial charge in [0.05, 0.1) is 13.2 Å². The molecule has 0 aliphatic heterocycles. The molecule has 1 aliphatic rings. The SMILES string of the molecule is COCCOCCCNCC1CCCC1CO. The van der Waals surface area contributed by atoms with E-state index in [4.69, 9.17) is 9.47 Å². The van der Waals surface area contributed by atoms with Crippen LogP contribution in [0.2, 0.25) is 0 Å². The zero-order valence-electron chi connectivity index (χ0n) is 11.0. The number of aliphatic hydroxyl groups is 1. The van der Waals surface area contributed by atoms with E-state index in [1.54, 1.807) is 7.11 Å². The first-order valence-corrected chi connectivity index (χ1v) is 6.76. The first kappa shape index (κ1) is 14.9. The minimum Gasteiger partial charge on any atom is -0.396 e. The summed E-state index contributed by atoms with van der Waals surface area (Å²) < 4.78 is 10.3. The van der Waals surface area contributed by atoms with Gasteiger partial charge in [0.15, 0.2) is 0 Å². The zero-order chi connectivity index (χ0) is 12.3. The van der Waals surface area contributed by atoms with Crippen molar-refractivity contribution < 1.29 is 14.6 Å². The lowest BCUT2D eigenvalue weighted by Crippen LogP contribution is -2.28. The van der Waals surface area contributed by atoms with Crippen LogP contribution in [-0.4, -0.2) is 51.7 Å². The second-order valence-corrected chi connectivity index (χ2v) is 4.80. The van der Waals surface area contributed by atoms with Gasteiger partial charge in [-0.25, -0.2) is 0 Å². The van der Waals surface area contributed by atoms with Gasteiger partial charge >= 0.3 is 0 Å². The number of ether oxygens (including phenoxy) is 2. The second-order valence-electron chi connectivity index (χ2n) is 4.80. The molecule has 102 valence electrons. The minimum absolute atomic E-state index is 0.354. The first-order chi connectivity index (χ1) is 8.38. The van der Waals surface area contributed by atoms with Crippen LogP contribution in [0.3, 0.4) is 0 Å². The summed E-state index contributed by atoms with van der Waals surface area (Å²) in [6.07, 6.45) is 4.78. The highest BCUT2D eigenvalue weighted by Crippen LogP contribution is 2.30. The first-order valence-electron chi connectivity index (χ1n) is 6.76. The van der Waals surface area contributed by atoms with Crippen molar-refractivity contribution in [1.82, 2.24) is 5.32 Å². The van der Waals surface area contributed by atoms with Crippen molar-refractivity contribution in [2.24, 2.45) is 11.8 Å². The van der Waals surface area contributed by atoms with Gasteiger partial charge in [-0.05, 0) is 44.2 Å². The van der Waals surface area contributed by atoms with Gasteiger partial charge in [0.2, 0.25) is 0 Å². The smallest absolute Gasteiger partial charge is 0.0700 e. The number of hydrogen-bond acceptors (Lipinski definition) is 4. The molecule has 1 aliphatic carbocycles. The number of nitrogens with one attached hydrogen (secondary N) is 1. The number of rotatable bonds is 10. The van der Waals surface area contributed by atoms with Crippen LogP contribution in [0.25, 0.3) is 0 Å². The van der Waals surface area contributed by atoms with Gasteiger partial charge < -0.3 is 19.9 Å². The molecule has 2 atom stereocenters. The average Bonchev–Trinajstić information content (AvgIpc) is 2.80. The van der Waals surface area contributed by atoms with E-state index in [0.29, 0.717) is 31.7 Å². The Bertz CT molecular complexity index is 178. The summed E-state index contributed by atoms with van der Waals surface area (Å²) in [5.74, 6) is 1.20. The molecule has 0 bridgehead atoms. The number of aliphatic hydroxyl groups excluding tert-OH is 1. The quantitative estimate of drug-likeness (QED) is 0.565. The van der Waals surface area contributed by atoms with Crippen LogP contribution in [0.1, 0.15) is 25.7 Å². The summed E-state index contributed by atoms with van der Waals surface area (Å²) in [6.45, 7) is 4.56. The van der Waals surface area contributed by atoms with E-state index in [1.165, 1.54) is 19.3 Å². The van der Waals surface area contributed by atoms with Crippen LogP contribution in [0.15, 0.2) is 0 Å². The second kappa shape index (κ2) is 9.83. The Hall–Kier alpha value is -0.160. The number of hydrogen-bond donors (Lipinski definition) is 2. The van der Waals surface area contributed by atoms with E-state index >= 15 is 0 Å². The van der Waals surface area contributed by atoms with E-state index in [1.807, 2.05) is 0 Å². The van der Waals surface area contributed by atoms with Crippen LogP contribution in [-0.2, 0) is 9.47 Å². The topological polar surface area (TPSA) is 50.7 Å². The predicted octanol–water partition coefficient (Wildman–Crippen LogP) is 1.04. The van der Waals surface area contributed by atoms with Crippen molar-refractivity contribution in [2.75, 3.05) is 46.6 Å². The maximum Gasteiger partial charge on any atom is 0.0700 e. The lowest BCUT2D eigenvalue weighted by Gasteiger charge is -2.17. The van der Waals surface area contributed by atoms with Crippen LogP contribution >= 0.6 is 0 Å². The van der Waals surface area contributed by atoms with Crippen molar-refractivity contribution >= 4 is 0 Å². The van der Waals surface area contributed by atoms with Gasteiger partial charge in [-0.1, -0.05) is 6.42 Å². The highest BCUT2D eigenvalue weighted by Gasteiger charge is 2.25. The lowest BCUT2D eigenvalue weighted by molar-refractivity contribution is 0.0693. The molecule has 1 rings (SSSR count). The highest BCUT2D eigenvalue weighted by molar-refractivity contribution is 4.78. The Balaban J connectivity index is 1.87. The molecule has 0 spiro atoms. The summed E-state index contributed by atoms with van der Waals surface area (Å²) in [7, 11) is 1.68. The molecule has 2 unspecified atom stereocenters. The predicted molar refractivity (Wildman–Crippen MR) is 68.1 cm³/mol. The molecule has 0 saturated heterocycles. The van der Waals surface area contributed by atoms with Crippen molar-refractivity contribution in [1.29, 1.82) is 0 Å². The molecular weight excluding hydrogens is 218 g/mol. The molecule has 1 saturated carbocycles. The van der Waals surface area contributed by atoms with E-state index < -0.39 is 0 Å². The molecule has 0 amide bonds. The standard InChI is InChI=1S/C13H27NO3/c1-16-8-9-17-7-3-6-14-10-12-4-2-5-13(12)11-15/h12-15H,2-11H2,1H3. The molecule has 4 nitrogen and oxygen atoms in total. The minimum atomic E-state index is 0.354. The van der Waals surface area contributed by atoms with Crippen molar-refractivity contribution in [3.63, 3.8) is 0 Å². The Morgan fingerprint density at radius 2 is 2.00 bits per heavy atom. The third kappa shape index (κ3) is 6.36. The third-order valence-corrected chi connectivity index (χ3v) is 3.53. The largest absolute Gasteiger partial charge is 0.396 e. The maximum atomic E-state index is 9.20. The molecule has 0 aromatic rings. The van der Waals surface area contributed by atoms with Crippen molar-refractivity contribution in [2.45, 2.75) is 25.7 Å². The summed E-state index contributed by atoms with van der Waals surface area (Å²) in [5, 5.41) is 12.7. The van der Waals surface area contributed by atoms with E-state index in [-0.39, 0.29) is 0 Å². The fraction of sp³-hybridized carbons (Fsp3) is 1.00. The van der Waals surface area contributed by atoms with Crippen LogP contribution in [0.5, 0.6) is 0 Å². The summed E-state index contributed by atoms with van der Waals surface area (Å²) in [6, 6.07) is 0. The lowest BCUT2D eigenvalue weighted by atomic mass is 9.97. The molecule has 17 heavy (non-hydrogen) atoms. The fourth-order valence-corrected chi connectivity index (χ4v) is 2.45. The highest BCUT2D eigenvalue weighted by atomic mass is 16.5. The van der Waals surface area contributed by atoms with Crippen LogP contribution < -0.4 is 5.32 Å². The summed E-state index contributed by atoms with van der Waals surface area (Å²) in [4.78, 5) is 0. The monoisotopic (exact) mass is 245 g/mol. The molecule has 0 aromatic heterocycles. The maximum absolute atomic E-state index is 9.20. The molecule has 0 heterocycles. The normalized spacial score (nSPS) is 24.4. The molecule has 1 fully saturated rings. The Kier molecular flexibility index (Phi) is 8.61. The van der Waals surface area contributed by atoms with E-state index in [2.05, 4.69) is 5.32 Å². The van der Waals surface area contributed by atoms with Gasteiger partial charge in [0.25, 0.3) is 0 Å². The van der Waals surface area contributed by atoms with Gasteiger partial charge in [0, 0.05) is 20.3 Å². The summed E-state index contributed by atoms with van der Waals surface area (Å²) in [5.41, 5.74) is 0. The molecular formula is C13H27NO3. The molecule has 0 aromatic carbocycles. The Labute approximate surface area is 105 Å². The third-order valence-electron chi connectivity index (χ3n) is 3.53. The van der Waals surface area contributed by atoms with Crippen molar-refractivity contribution in [3.05, 3.63) is 0 Å². The van der Waals surface area contributed by atoms with Gasteiger partial charge in [-0.2, -0.15) is 0 Å².